The molecule has 6 heteroatoms. The maximum Gasteiger partial charge on any atom is 0.229 e. The number of Topliss-reactive ketones (excluding diaryl/α,β-unsaturated/α-hetero) is 1. The Bertz CT molecular complexity index is 973. The molecule has 5 nitrogen and oxygen atoms in total. The lowest BCUT2D eigenvalue weighted by molar-refractivity contribution is 0.0953. The minimum Gasteiger partial charge on any atom is -0.339 e. The highest BCUT2D eigenvalue weighted by Gasteiger charge is 2.28. The van der Waals surface area contributed by atoms with Gasteiger partial charge in [-0.25, -0.2) is 9.37 Å². The number of carbonyl (C=O) groups excluding carboxylic acids is 1. The maximum absolute atomic E-state index is 13.2. The summed E-state index contributed by atoms with van der Waals surface area (Å²) in [6.45, 7) is 2.04. The summed E-state index contributed by atoms with van der Waals surface area (Å²) in [4.78, 5) is 21.7. The van der Waals surface area contributed by atoms with Gasteiger partial charge in [-0.3, -0.25) is 4.79 Å². The molecule has 0 bridgehead atoms. The molecule has 0 amide bonds. The number of hydrogen-bond donors (Lipinski definition) is 2. The molecule has 0 radical (unpaired) electrons. The van der Waals surface area contributed by atoms with Crippen LogP contribution in [-0.2, 0) is 6.42 Å². The molecule has 2 N–H and O–H groups in total. The van der Waals surface area contributed by atoms with Gasteiger partial charge in [-0.15, -0.1) is 0 Å². The topological polar surface area (TPSA) is 66.9 Å². The summed E-state index contributed by atoms with van der Waals surface area (Å²) in [6, 6.07) is 15.6. The van der Waals surface area contributed by atoms with Crippen molar-refractivity contribution in [2.24, 2.45) is 5.92 Å². The fourth-order valence-electron chi connectivity index (χ4n) is 3.24. The van der Waals surface area contributed by atoms with E-state index in [0.717, 1.165) is 11.4 Å². The van der Waals surface area contributed by atoms with Crippen LogP contribution in [0.2, 0.25) is 0 Å². The third-order valence-electron chi connectivity index (χ3n) is 4.48. The van der Waals surface area contributed by atoms with E-state index < -0.39 is 0 Å². The van der Waals surface area contributed by atoms with E-state index in [1.165, 1.54) is 12.1 Å². The van der Waals surface area contributed by atoms with Crippen LogP contribution in [0.5, 0.6) is 0 Å². The number of nitrogens with zero attached hydrogens (tertiary/aromatic N) is 2. The first kappa shape index (κ1) is 17.1. The van der Waals surface area contributed by atoms with Crippen LogP contribution in [-0.4, -0.2) is 15.8 Å². The van der Waals surface area contributed by atoms with Crippen molar-refractivity contribution in [1.82, 2.24) is 9.97 Å². The van der Waals surface area contributed by atoms with Crippen LogP contribution in [0.3, 0.4) is 0 Å². The molecule has 1 heterocycles. The van der Waals surface area contributed by atoms with Gasteiger partial charge in [-0.2, -0.15) is 4.98 Å². The average molecular weight is 362 g/mol. The van der Waals surface area contributed by atoms with Gasteiger partial charge in [0.15, 0.2) is 5.78 Å². The number of para-hydroxylation sites is 1. The number of ketones is 1. The predicted molar refractivity (Wildman–Crippen MR) is 103 cm³/mol. The second-order valence-corrected chi connectivity index (χ2v) is 6.78. The van der Waals surface area contributed by atoms with E-state index in [4.69, 9.17) is 0 Å². The van der Waals surface area contributed by atoms with Gasteiger partial charge < -0.3 is 10.6 Å². The number of rotatable bonds is 4. The van der Waals surface area contributed by atoms with Crippen molar-refractivity contribution in [1.29, 1.82) is 0 Å². The molecule has 1 aromatic heterocycles. The molecule has 0 aliphatic heterocycles. The summed E-state index contributed by atoms with van der Waals surface area (Å²) in [5, 5.41) is 6.34. The van der Waals surface area contributed by atoms with Crippen molar-refractivity contribution in [2.45, 2.75) is 19.8 Å². The summed E-state index contributed by atoms with van der Waals surface area (Å²) in [5.74, 6) is 0.817. The highest BCUT2D eigenvalue weighted by atomic mass is 19.1. The first-order chi connectivity index (χ1) is 13.1. The van der Waals surface area contributed by atoms with Crippen LogP contribution in [0.25, 0.3) is 0 Å². The van der Waals surface area contributed by atoms with E-state index >= 15 is 0 Å². The lowest BCUT2D eigenvalue weighted by Gasteiger charge is -2.23. The Balaban J connectivity index is 1.75. The van der Waals surface area contributed by atoms with E-state index in [1.807, 2.05) is 37.3 Å². The average Bonchev–Trinajstić information content (AvgIpc) is 2.63. The Labute approximate surface area is 156 Å². The standard InChI is InChI=1S/C21H19FN4O/c1-13-11-17-19(18(27)12-13)20(23-16-9-7-14(22)8-10-16)26-21(25-17)24-15-5-3-2-4-6-15/h2-10,13H,11-12H2,1H3,(H2,23,24,25,26). The fourth-order valence-corrected chi connectivity index (χ4v) is 3.24. The Hall–Kier alpha value is -3.28. The predicted octanol–water partition coefficient (Wildman–Crippen LogP) is 4.87. The summed E-state index contributed by atoms with van der Waals surface area (Å²) >= 11 is 0. The van der Waals surface area contributed by atoms with Gasteiger partial charge in [0.25, 0.3) is 0 Å². The summed E-state index contributed by atoms with van der Waals surface area (Å²) in [6.07, 6.45) is 1.19. The SMILES string of the molecule is CC1CC(=O)c2c(nc(Nc3ccccc3)nc2Nc2ccc(F)cc2)C1. The van der Waals surface area contributed by atoms with E-state index in [0.29, 0.717) is 35.9 Å². The quantitative estimate of drug-likeness (QED) is 0.693. The Morgan fingerprint density at radius 1 is 0.926 bits per heavy atom. The third-order valence-corrected chi connectivity index (χ3v) is 4.48. The molecule has 2 aromatic carbocycles. The van der Waals surface area contributed by atoms with Gasteiger partial charge in [0.2, 0.25) is 5.95 Å². The normalized spacial score (nSPS) is 15.9. The molecular formula is C21H19FN4O. The molecule has 1 aliphatic carbocycles. The number of halogens is 1. The van der Waals surface area contributed by atoms with Gasteiger partial charge in [-0.1, -0.05) is 25.1 Å². The minimum atomic E-state index is -0.318. The molecule has 136 valence electrons. The lowest BCUT2D eigenvalue weighted by Crippen LogP contribution is -2.22. The number of fused-ring (bicyclic) bond motifs is 1. The lowest BCUT2D eigenvalue weighted by atomic mass is 9.87. The second-order valence-electron chi connectivity index (χ2n) is 6.78. The van der Waals surface area contributed by atoms with E-state index in [9.17, 15) is 9.18 Å². The molecule has 0 spiro atoms. The number of carbonyl (C=O) groups is 1. The van der Waals surface area contributed by atoms with E-state index in [1.54, 1.807) is 12.1 Å². The van der Waals surface area contributed by atoms with Crippen molar-refractivity contribution in [3.8, 4) is 0 Å². The smallest absolute Gasteiger partial charge is 0.229 e. The third kappa shape index (κ3) is 3.79. The molecule has 0 saturated carbocycles. The Morgan fingerprint density at radius 2 is 1.63 bits per heavy atom. The van der Waals surface area contributed by atoms with Gasteiger partial charge in [-0.05, 0) is 48.7 Å². The first-order valence-corrected chi connectivity index (χ1v) is 8.87. The second kappa shape index (κ2) is 7.15. The van der Waals surface area contributed by atoms with Gasteiger partial charge in [0, 0.05) is 17.8 Å². The van der Waals surface area contributed by atoms with Crippen LogP contribution in [0, 0.1) is 11.7 Å². The molecule has 4 rings (SSSR count). The monoisotopic (exact) mass is 362 g/mol. The largest absolute Gasteiger partial charge is 0.339 e. The fraction of sp³-hybridized carbons (Fsp3) is 0.190. The van der Waals surface area contributed by atoms with Crippen molar-refractivity contribution in [2.75, 3.05) is 10.6 Å². The Kier molecular flexibility index (Phi) is 4.54. The zero-order valence-corrected chi connectivity index (χ0v) is 14.9. The van der Waals surface area contributed by atoms with Gasteiger partial charge in [0.1, 0.15) is 11.6 Å². The zero-order chi connectivity index (χ0) is 18.8. The molecule has 1 unspecified atom stereocenters. The molecular weight excluding hydrogens is 343 g/mol. The van der Waals surface area contributed by atoms with E-state index in [-0.39, 0.29) is 17.5 Å². The number of anilines is 4. The highest BCUT2D eigenvalue weighted by Crippen LogP contribution is 2.31. The zero-order valence-electron chi connectivity index (χ0n) is 14.9. The summed E-state index contributed by atoms with van der Waals surface area (Å²) in [5.41, 5.74) is 2.78. The summed E-state index contributed by atoms with van der Waals surface area (Å²) < 4.78 is 13.2. The highest BCUT2D eigenvalue weighted by molar-refractivity contribution is 6.03. The molecule has 27 heavy (non-hydrogen) atoms. The molecule has 1 aliphatic rings. The Morgan fingerprint density at radius 3 is 2.37 bits per heavy atom. The van der Waals surface area contributed by atoms with Crippen LogP contribution >= 0.6 is 0 Å². The van der Waals surface area contributed by atoms with Crippen LogP contribution < -0.4 is 10.6 Å². The summed E-state index contributed by atoms with van der Waals surface area (Å²) in [7, 11) is 0. The van der Waals surface area contributed by atoms with Crippen molar-refractivity contribution in [3.05, 3.63) is 71.7 Å². The minimum absolute atomic E-state index is 0.0274. The number of nitrogens with one attached hydrogen (secondary N) is 2. The van der Waals surface area contributed by atoms with Crippen molar-refractivity contribution in [3.63, 3.8) is 0 Å². The van der Waals surface area contributed by atoms with Crippen LogP contribution in [0.4, 0.5) is 27.5 Å². The van der Waals surface area contributed by atoms with Gasteiger partial charge >= 0.3 is 0 Å². The number of benzene rings is 2. The van der Waals surface area contributed by atoms with Crippen LogP contribution in [0.15, 0.2) is 54.6 Å². The maximum atomic E-state index is 13.2. The molecule has 0 fully saturated rings. The van der Waals surface area contributed by atoms with Crippen molar-refractivity contribution >= 4 is 28.9 Å². The van der Waals surface area contributed by atoms with E-state index in [2.05, 4.69) is 20.6 Å². The molecule has 3 aromatic rings. The molecule has 1 atom stereocenters. The number of hydrogen-bond acceptors (Lipinski definition) is 5. The molecule has 0 saturated heterocycles. The number of aromatic nitrogens is 2. The van der Waals surface area contributed by atoms with Crippen molar-refractivity contribution < 1.29 is 9.18 Å². The van der Waals surface area contributed by atoms with Crippen LogP contribution in [0.1, 0.15) is 29.4 Å². The van der Waals surface area contributed by atoms with Gasteiger partial charge in [0.05, 0.1) is 11.3 Å². The first-order valence-electron chi connectivity index (χ1n) is 8.87.